The first-order valence-corrected chi connectivity index (χ1v) is 4.09. The van der Waals surface area contributed by atoms with Gasteiger partial charge in [-0.3, -0.25) is 0 Å². The molecule has 4 N–H and O–H groups in total. The molecule has 1 aromatic heterocycles. The van der Waals surface area contributed by atoms with Crippen LogP contribution in [0.5, 0.6) is 0 Å². The highest BCUT2D eigenvalue weighted by atomic mass is 16.3. The molecule has 0 saturated heterocycles. The molecule has 0 atom stereocenters. The maximum atomic E-state index is 9.16. The van der Waals surface area contributed by atoms with E-state index in [1.807, 2.05) is 6.92 Å². The normalized spacial score (nSPS) is 34.8. The minimum Gasteiger partial charge on any atom is -0.393 e. The molecule has 66 valence electrons. The average Bonchev–Trinajstić information content (AvgIpc) is 2.32. The van der Waals surface area contributed by atoms with Crippen molar-refractivity contribution in [2.24, 2.45) is 5.73 Å². The molecule has 1 aromatic rings. The van der Waals surface area contributed by atoms with Crippen molar-refractivity contribution in [2.45, 2.75) is 31.4 Å². The van der Waals surface area contributed by atoms with Crippen molar-refractivity contribution in [1.29, 1.82) is 0 Å². The van der Waals surface area contributed by atoms with Crippen LogP contribution in [0.25, 0.3) is 0 Å². The number of aromatic nitrogens is 2. The summed E-state index contributed by atoms with van der Waals surface area (Å²) in [5.74, 6) is 0. The molecular weight excluding hydrogens is 154 g/mol. The Morgan fingerprint density at radius 3 is 2.83 bits per heavy atom. The lowest BCUT2D eigenvalue weighted by Crippen LogP contribution is -2.52. The topological polar surface area (TPSA) is 74.9 Å². The number of nitrogens with one attached hydrogen (secondary N) is 1. The number of imidazole rings is 1. The molecule has 0 aliphatic heterocycles. The Kier molecular flexibility index (Phi) is 1.49. The zero-order valence-electron chi connectivity index (χ0n) is 7.04. The predicted octanol–water partition coefficient (Wildman–Crippen LogP) is 0.0268. The van der Waals surface area contributed by atoms with Gasteiger partial charge in [-0.15, -0.1) is 0 Å². The molecule has 1 saturated carbocycles. The number of nitrogens with zero attached hydrogens (tertiary/aromatic N) is 1. The van der Waals surface area contributed by atoms with Gasteiger partial charge in [-0.1, -0.05) is 0 Å². The number of H-pyrrole nitrogens is 1. The fraction of sp³-hybridized carbons (Fsp3) is 0.625. The Balaban J connectivity index is 2.26. The van der Waals surface area contributed by atoms with Crippen molar-refractivity contribution in [3.05, 3.63) is 17.7 Å². The van der Waals surface area contributed by atoms with Crippen molar-refractivity contribution in [1.82, 2.24) is 9.97 Å². The molecule has 1 heterocycles. The van der Waals surface area contributed by atoms with E-state index in [0.717, 1.165) is 11.4 Å². The van der Waals surface area contributed by atoms with Crippen LogP contribution in [-0.2, 0) is 5.54 Å². The van der Waals surface area contributed by atoms with Crippen LogP contribution in [0.1, 0.15) is 24.2 Å². The molecule has 0 radical (unpaired) electrons. The van der Waals surface area contributed by atoms with Gasteiger partial charge < -0.3 is 15.8 Å². The highest BCUT2D eigenvalue weighted by Gasteiger charge is 2.43. The third kappa shape index (κ3) is 0.956. The van der Waals surface area contributed by atoms with Crippen LogP contribution in [0, 0.1) is 6.92 Å². The first kappa shape index (κ1) is 7.76. The lowest BCUT2D eigenvalue weighted by atomic mass is 9.72. The number of hydrogen-bond donors (Lipinski definition) is 3. The number of aliphatic hydroxyl groups excluding tert-OH is 1. The van der Waals surface area contributed by atoms with Gasteiger partial charge in [0.05, 0.1) is 23.7 Å². The lowest BCUT2D eigenvalue weighted by Gasteiger charge is -2.41. The molecule has 0 spiro atoms. The van der Waals surface area contributed by atoms with Crippen molar-refractivity contribution in [3.8, 4) is 0 Å². The fourth-order valence-electron chi connectivity index (χ4n) is 1.84. The van der Waals surface area contributed by atoms with Crippen LogP contribution < -0.4 is 5.73 Å². The van der Waals surface area contributed by atoms with Crippen LogP contribution in [0.2, 0.25) is 0 Å². The van der Waals surface area contributed by atoms with E-state index < -0.39 is 0 Å². The molecule has 1 aliphatic rings. The van der Waals surface area contributed by atoms with Gasteiger partial charge in [-0.05, 0) is 19.8 Å². The second-order valence-corrected chi connectivity index (χ2v) is 3.59. The van der Waals surface area contributed by atoms with E-state index in [2.05, 4.69) is 9.97 Å². The standard InChI is InChI=1S/C8H13N3O/c1-5-7(11-4-10-5)8(9)2-6(12)3-8/h4,6,12H,2-3,9H2,1H3,(H,10,11). The SMILES string of the molecule is Cc1[nH]cnc1C1(N)CC(O)C1. The summed E-state index contributed by atoms with van der Waals surface area (Å²) in [6, 6.07) is 0. The van der Waals surface area contributed by atoms with E-state index in [-0.39, 0.29) is 11.6 Å². The summed E-state index contributed by atoms with van der Waals surface area (Å²) >= 11 is 0. The highest BCUT2D eigenvalue weighted by Crippen LogP contribution is 2.38. The largest absolute Gasteiger partial charge is 0.393 e. The lowest BCUT2D eigenvalue weighted by molar-refractivity contribution is 0.0187. The zero-order chi connectivity index (χ0) is 8.77. The number of aliphatic hydroxyl groups is 1. The molecule has 12 heavy (non-hydrogen) atoms. The van der Waals surface area contributed by atoms with Gasteiger partial charge in [0.25, 0.3) is 0 Å². The van der Waals surface area contributed by atoms with Gasteiger partial charge in [0, 0.05) is 5.69 Å². The molecule has 2 rings (SSSR count). The van der Waals surface area contributed by atoms with Crippen molar-refractivity contribution in [2.75, 3.05) is 0 Å². The number of rotatable bonds is 1. The van der Waals surface area contributed by atoms with Crippen LogP contribution in [0.3, 0.4) is 0 Å². The van der Waals surface area contributed by atoms with Gasteiger partial charge in [-0.2, -0.15) is 0 Å². The minimum atomic E-state index is -0.385. The molecule has 0 aromatic carbocycles. The second-order valence-electron chi connectivity index (χ2n) is 3.59. The van der Waals surface area contributed by atoms with Crippen molar-refractivity contribution in [3.63, 3.8) is 0 Å². The van der Waals surface area contributed by atoms with Gasteiger partial charge in [0.1, 0.15) is 0 Å². The maximum Gasteiger partial charge on any atom is 0.0926 e. The molecule has 0 bridgehead atoms. The van der Waals surface area contributed by atoms with E-state index >= 15 is 0 Å². The van der Waals surface area contributed by atoms with Crippen LogP contribution in [0.15, 0.2) is 6.33 Å². The summed E-state index contributed by atoms with van der Waals surface area (Å²) in [6.07, 6.45) is 2.65. The molecule has 4 heteroatoms. The van der Waals surface area contributed by atoms with Gasteiger partial charge in [0.2, 0.25) is 0 Å². The summed E-state index contributed by atoms with van der Waals surface area (Å²) < 4.78 is 0. The monoisotopic (exact) mass is 167 g/mol. The van der Waals surface area contributed by atoms with Crippen LogP contribution in [0.4, 0.5) is 0 Å². The Morgan fingerprint density at radius 2 is 2.42 bits per heavy atom. The van der Waals surface area contributed by atoms with Crippen LogP contribution >= 0.6 is 0 Å². The van der Waals surface area contributed by atoms with Crippen LogP contribution in [-0.4, -0.2) is 21.2 Å². The van der Waals surface area contributed by atoms with Crippen molar-refractivity contribution < 1.29 is 5.11 Å². The van der Waals surface area contributed by atoms with E-state index in [9.17, 15) is 0 Å². The van der Waals surface area contributed by atoms with Gasteiger partial charge in [-0.25, -0.2) is 4.98 Å². The summed E-state index contributed by atoms with van der Waals surface area (Å²) in [5, 5.41) is 9.16. The number of nitrogens with two attached hydrogens (primary N) is 1. The quantitative estimate of drug-likeness (QED) is 0.552. The third-order valence-electron chi connectivity index (χ3n) is 2.50. The van der Waals surface area contributed by atoms with E-state index in [1.165, 1.54) is 0 Å². The molecule has 4 nitrogen and oxygen atoms in total. The van der Waals surface area contributed by atoms with E-state index in [1.54, 1.807) is 6.33 Å². The van der Waals surface area contributed by atoms with Gasteiger partial charge >= 0.3 is 0 Å². The predicted molar refractivity (Wildman–Crippen MR) is 44.4 cm³/mol. The summed E-state index contributed by atoms with van der Waals surface area (Å²) in [6.45, 7) is 1.95. The summed E-state index contributed by atoms with van der Waals surface area (Å²) in [7, 11) is 0. The minimum absolute atomic E-state index is 0.244. The third-order valence-corrected chi connectivity index (χ3v) is 2.50. The van der Waals surface area contributed by atoms with Crippen molar-refractivity contribution >= 4 is 0 Å². The molecule has 0 unspecified atom stereocenters. The van der Waals surface area contributed by atoms with E-state index in [0.29, 0.717) is 12.8 Å². The first-order chi connectivity index (χ1) is 5.62. The number of aryl methyl sites for hydroxylation is 1. The number of hydrogen-bond acceptors (Lipinski definition) is 3. The average molecular weight is 167 g/mol. The number of aromatic amines is 1. The molecular formula is C8H13N3O. The molecule has 1 aliphatic carbocycles. The molecule has 1 fully saturated rings. The fourth-order valence-corrected chi connectivity index (χ4v) is 1.84. The first-order valence-electron chi connectivity index (χ1n) is 4.09. The van der Waals surface area contributed by atoms with E-state index in [4.69, 9.17) is 10.8 Å². The summed E-state index contributed by atoms with van der Waals surface area (Å²) in [5.41, 5.74) is 7.53. The smallest absolute Gasteiger partial charge is 0.0926 e. The Hall–Kier alpha value is -0.870. The Morgan fingerprint density at radius 1 is 1.75 bits per heavy atom. The van der Waals surface area contributed by atoms with Gasteiger partial charge in [0.15, 0.2) is 0 Å². The molecule has 0 amide bonds. The Bertz CT molecular complexity index is 288. The highest BCUT2D eigenvalue weighted by molar-refractivity contribution is 5.23. The summed E-state index contributed by atoms with van der Waals surface area (Å²) in [4.78, 5) is 7.14. The zero-order valence-corrected chi connectivity index (χ0v) is 7.04. The maximum absolute atomic E-state index is 9.16. The Labute approximate surface area is 70.8 Å². The second kappa shape index (κ2) is 2.31.